The zero-order chi connectivity index (χ0) is 22.7. The van der Waals surface area contributed by atoms with E-state index in [9.17, 15) is 9.59 Å². The van der Waals surface area contributed by atoms with Crippen LogP contribution in [0.5, 0.6) is 5.75 Å². The average Bonchev–Trinajstić information content (AvgIpc) is 3.40. The summed E-state index contributed by atoms with van der Waals surface area (Å²) in [5.41, 5.74) is 1.59. The third-order valence-electron chi connectivity index (χ3n) is 4.51. The maximum atomic E-state index is 12.3. The zero-order valence-electron chi connectivity index (χ0n) is 17.0. The SMILES string of the molecule is COC(=O)c1ccc(Cl)c(-c2ccc(/C=C3\SC(=Nc4ccc(OC)cc4)NC3=O)o2)c1. The van der Waals surface area contributed by atoms with Gasteiger partial charge in [-0.3, -0.25) is 4.79 Å². The van der Waals surface area contributed by atoms with E-state index >= 15 is 0 Å². The molecule has 0 aliphatic carbocycles. The minimum atomic E-state index is -0.473. The Morgan fingerprint density at radius 1 is 1.12 bits per heavy atom. The van der Waals surface area contributed by atoms with Crippen LogP contribution in [-0.4, -0.2) is 31.3 Å². The van der Waals surface area contributed by atoms with Gasteiger partial charge in [0.05, 0.1) is 35.4 Å². The van der Waals surface area contributed by atoms with Crippen molar-refractivity contribution in [1.82, 2.24) is 5.32 Å². The van der Waals surface area contributed by atoms with Crippen LogP contribution in [0.25, 0.3) is 17.4 Å². The first-order valence-corrected chi connectivity index (χ1v) is 10.6. The van der Waals surface area contributed by atoms with Crippen LogP contribution in [0, 0.1) is 0 Å². The Hall–Kier alpha value is -3.49. The summed E-state index contributed by atoms with van der Waals surface area (Å²) < 4.78 is 15.7. The van der Waals surface area contributed by atoms with E-state index in [-0.39, 0.29) is 5.91 Å². The molecule has 0 spiro atoms. The topological polar surface area (TPSA) is 90.1 Å². The van der Waals surface area contributed by atoms with E-state index < -0.39 is 5.97 Å². The lowest BCUT2D eigenvalue weighted by molar-refractivity contribution is -0.115. The Morgan fingerprint density at radius 2 is 1.91 bits per heavy atom. The predicted molar refractivity (Wildman–Crippen MR) is 124 cm³/mol. The van der Waals surface area contributed by atoms with E-state index in [0.717, 1.165) is 5.75 Å². The van der Waals surface area contributed by atoms with Gasteiger partial charge in [-0.2, -0.15) is 0 Å². The van der Waals surface area contributed by atoms with Crippen LogP contribution in [-0.2, 0) is 9.53 Å². The van der Waals surface area contributed by atoms with Gasteiger partial charge in [-0.05, 0) is 66.4 Å². The Balaban J connectivity index is 1.55. The number of methoxy groups -OCH3 is 2. The smallest absolute Gasteiger partial charge is 0.337 e. The van der Waals surface area contributed by atoms with Crippen molar-refractivity contribution in [2.45, 2.75) is 0 Å². The van der Waals surface area contributed by atoms with Crippen molar-refractivity contribution in [2.24, 2.45) is 4.99 Å². The normalized spacial score (nSPS) is 15.8. The van der Waals surface area contributed by atoms with Crippen LogP contribution in [0.4, 0.5) is 5.69 Å². The van der Waals surface area contributed by atoms with Gasteiger partial charge in [0, 0.05) is 11.6 Å². The molecule has 0 saturated carbocycles. The highest BCUT2D eigenvalue weighted by Crippen LogP contribution is 2.33. The van der Waals surface area contributed by atoms with E-state index in [2.05, 4.69) is 10.3 Å². The number of amides is 1. The molecular formula is C23H17ClN2O5S. The quantitative estimate of drug-likeness (QED) is 0.404. The number of nitrogens with zero attached hydrogens (tertiary/aromatic N) is 1. The van der Waals surface area contributed by atoms with Crippen LogP contribution >= 0.6 is 23.4 Å². The second-order valence-corrected chi connectivity index (χ2v) is 8.01. The number of carbonyl (C=O) groups is 2. The van der Waals surface area contributed by atoms with Crippen molar-refractivity contribution < 1.29 is 23.5 Å². The standard InChI is InChI=1S/C23H17ClN2O5S/c1-29-15-6-4-14(5-7-15)25-23-26-21(27)20(32-23)12-16-8-10-19(31-16)17-11-13(22(28)30-2)3-9-18(17)24/h3-12H,1-2H3,(H,25,26,27)/b20-12-. The summed E-state index contributed by atoms with van der Waals surface area (Å²) >= 11 is 7.49. The number of esters is 1. The molecule has 1 aliphatic heterocycles. The zero-order valence-corrected chi connectivity index (χ0v) is 18.6. The summed E-state index contributed by atoms with van der Waals surface area (Å²) in [5, 5.41) is 3.62. The van der Waals surface area contributed by atoms with E-state index in [0.29, 0.717) is 43.4 Å². The molecule has 0 bridgehead atoms. The molecule has 2 heterocycles. The molecule has 0 atom stereocenters. The lowest BCUT2D eigenvalue weighted by Gasteiger charge is -2.04. The highest BCUT2D eigenvalue weighted by molar-refractivity contribution is 8.18. The van der Waals surface area contributed by atoms with E-state index in [4.69, 9.17) is 25.5 Å². The van der Waals surface area contributed by atoms with Crippen molar-refractivity contribution >= 4 is 52.2 Å². The van der Waals surface area contributed by atoms with E-state index in [1.165, 1.54) is 18.9 Å². The second-order valence-electron chi connectivity index (χ2n) is 6.57. The Labute approximate surface area is 193 Å². The second kappa shape index (κ2) is 9.33. The number of carbonyl (C=O) groups excluding carboxylic acids is 2. The third-order valence-corrected chi connectivity index (χ3v) is 5.75. The fourth-order valence-corrected chi connectivity index (χ4v) is 3.95. The number of benzene rings is 2. The minimum absolute atomic E-state index is 0.272. The van der Waals surface area contributed by atoms with Crippen LogP contribution in [0.1, 0.15) is 16.1 Å². The number of thioether (sulfide) groups is 1. The van der Waals surface area contributed by atoms with Crippen LogP contribution in [0.2, 0.25) is 5.02 Å². The lowest BCUT2D eigenvalue weighted by Crippen LogP contribution is -2.19. The molecule has 0 radical (unpaired) electrons. The van der Waals surface area contributed by atoms with Crippen molar-refractivity contribution in [2.75, 3.05) is 14.2 Å². The summed E-state index contributed by atoms with van der Waals surface area (Å²) in [6.07, 6.45) is 1.62. The fraction of sp³-hybridized carbons (Fsp3) is 0.0870. The summed E-state index contributed by atoms with van der Waals surface area (Å²) in [5.74, 6) is 0.903. The summed E-state index contributed by atoms with van der Waals surface area (Å²) in [4.78, 5) is 29.0. The monoisotopic (exact) mass is 468 g/mol. The predicted octanol–water partition coefficient (Wildman–Crippen LogP) is 5.29. The van der Waals surface area contributed by atoms with Gasteiger partial charge in [0.2, 0.25) is 0 Å². The molecule has 1 fully saturated rings. The molecule has 0 unspecified atom stereocenters. The number of nitrogens with one attached hydrogen (secondary N) is 1. The number of rotatable bonds is 5. The molecule has 1 saturated heterocycles. The van der Waals surface area contributed by atoms with E-state index in [1.807, 2.05) is 0 Å². The molecule has 7 nitrogen and oxygen atoms in total. The number of halogens is 1. The fourth-order valence-electron chi connectivity index (χ4n) is 2.92. The number of aliphatic imine (C=N–C) groups is 1. The van der Waals surface area contributed by atoms with Gasteiger partial charge in [0.25, 0.3) is 5.91 Å². The van der Waals surface area contributed by atoms with Crippen molar-refractivity contribution in [1.29, 1.82) is 0 Å². The van der Waals surface area contributed by atoms with Gasteiger partial charge in [-0.25, -0.2) is 9.79 Å². The van der Waals surface area contributed by atoms with Crippen molar-refractivity contribution in [3.8, 4) is 17.1 Å². The summed E-state index contributed by atoms with van der Waals surface area (Å²) in [6, 6.07) is 15.4. The number of ether oxygens (including phenoxy) is 2. The van der Waals surface area contributed by atoms with E-state index in [1.54, 1.807) is 67.8 Å². The van der Waals surface area contributed by atoms with Gasteiger partial charge in [0.15, 0.2) is 5.17 Å². The summed E-state index contributed by atoms with van der Waals surface area (Å²) in [7, 11) is 2.90. The van der Waals surface area contributed by atoms with Gasteiger partial charge in [-0.1, -0.05) is 11.6 Å². The molecule has 2 aromatic carbocycles. The third kappa shape index (κ3) is 4.71. The average molecular weight is 469 g/mol. The first-order valence-electron chi connectivity index (χ1n) is 9.38. The molecular weight excluding hydrogens is 452 g/mol. The first kappa shape index (κ1) is 21.7. The highest BCUT2D eigenvalue weighted by Gasteiger charge is 2.24. The molecule has 4 rings (SSSR count). The van der Waals surface area contributed by atoms with Crippen LogP contribution in [0.15, 0.2) is 68.9 Å². The van der Waals surface area contributed by atoms with Gasteiger partial charge < -0.3 is 19.2 Å². The molecule has 1 N–H and O–H groups in total. The number of furan rings is 1. The molecule has 1 aliphatic rings. The summed E-state index contributed by atoms with van der Waals surface area (Å²) in [6.45, 7) is 0. The maximum Gasteiger partial charge on any atom is 0.337 e. The first-order chi connectivity index (χ1) is 15.5. The van der Waals surface area contributed by atoms with Gasteiger partial charge >= 0.3 is 5.97 Å². The number of hydrogen-bond acceptors (Lipinski definition) is 7. The Bertz CT molecular complexity index is 1250. The molecule has 9 heteroatoms. The largest absolute Gasteiger partial charge is 0.497 e. The van der Waals surface area contributed by atoms with Crippen LogP contribution < -0.4 is 10.1 Å². The molecule has 3 aromatic rings. The van der Waals surface area contributed by atoms with Gasteiger partial charge in [-0.15, -0.1) is 0 Å². The maximum absolute atomic E-state index is 12.3. The Morgan fingerprint density at radius 3 is 2.62 bits per heavy atom. The number of hydrogen-bond donors (Lipinski definition) is 1. The van der Waals surface area contributed by atoms with Crippen LogP contribution in [0.3, 0.4) is 0 Å². The highest BCUT2D eigenvalue weighted by atomic mass is 35.5. The molecule has 32 heavy (non-hydrogen) atoms. The molecule has 1 aromatic heterocycles. The van der Waals surface area contributed by atoms with Crippen molar-refractivity contribution in [3.05, 3.63) is 75.8 Å². The van der Waals surface area contributed by atoms with Crippen molar-refractivity contribution in [3.63, 3.8) is 0 Å². The minimum Gasteiger partial charge on any atom is -0.497 e. The molecule has 162 valence electrons. The lowest BCUT2D eigenvalue weighted by atomic mass is 10.1. The van der Waals surface area contributed by atoms with Gasteiger partial charge in [0.1, 0.15) is 17.3 Å². The Kier molecular flexibility index (Phi) is 6.34. The number of amidine groups is 1. The molecule has 1 amide bonds.